The molecule has 9 heteroatoms. The summed E-state index contributed by atoms with van der Waals surface area (Å²) in [5.41, 5.74) is 0. The summed E-state index contributed by atoms with van der Waals surface area (Å²) < 4.78 is 33.4. The fourth-order valence-electron chi connectivity index (χ4n) is 5.20. The monoisotopic (exact) mass is 497 g/mol. The highest BCUT2D eigenvalue weighted by Crippen LogP contribution is 2.37. The molecule has 0 unspecified atom stereocenters. The summed E-state index contributed by atoms with van der Waals surface area (Å²) in [6.45, 7) is 4.00. The van der Waals surface area contributed by atoms with Gasteiger partial charge in [0.1, 0.15) is 11.9 Å². The summed E-state index contributed by atoms with van der Waals surface area (Å²) in [5.74, 6) is -2.48. The molecule has 2 aliphatic heterocycles. The molecule has 34 heavy (non-hydrogen) atoms. The lowest BCUT2D eigenvalue weighted by Crippen LogP contribution is -2.52. The zero-order valence-corrected chi connectivity index (χ0v) is 20.5. The predicted molar refractivity (Wildman–Crippen MR) is 126 cm³/mol. The van der Waals surface area contributed by atoms with E-state index in [2.05, 4.69) is 4.90 Å². The number of carbonyl (C=O) groups excluding carboxylic acids is 2. The van der Waals surface area contributed by atoms with Gasteiger partial charge in [-0.2, -0.15) is 0 Å². The van der Waals surface area contributed by atoms with Crippen LogP contribution in [0.15, 0.2) is 24.3 Å². The Morgan fingerprint density at radius 2 is 1.65 bits per heavy atom. The minimum absolute atomic E-state index is 0.0579. The number of likely N-dealkylation sites (tertiary alicyclic amines) is 1. The molecule has 2 heterocycles. The van der Waals surface area contributed by atoms with E-state index in [9.17, 15) is 18.4 Å². The van der Waals surface area contributed by atoms with Crippen molar-refractivity contribution in [2.45, 2.75) is 50.6 Å². The lowest BCUT2D eigenvalue weighted by Gasteiger charge is -2.41. The zero-order chi connectivity index (χ0) is 24.3. The molecule has 188 valence electrons. The minimum atomic E-state index is -2.66. The average Bonchev–Trinajstić information content (AvgIpc) is 2.81. The molecule has 0 radical (unpaired) electrons. The van der Waals surface area contributed by atoms with Crippen LogP contribution in [0.2, 0.25) is 5.02 Å². The minimum Gasteiger partial charge on any atom is -0.490 e. The third-order valence-corrected chi connectivity index (χ3v) is 7.69. The molecule has 1 aliphatic carbocycles. The normalized spacial score (nSPS) is 26.4. The van der Waals surface area contributed by atoms with E-state index in [1.165, 1.54) is 0 Å². The molecule has 1 aromatic carbocycles. The largest absolute Gasteiger partial charge is 0.490 e. The molecular weight excluding hydrogens is 464 g/mol. The summed E-state index contributed by atoms with van der Waals surface area (Å²) in [7, 11) is 2.05. The SMILES string of the molecule is CN1CCN(C(=O)C[C@H]2CN(C(=O)C3CCC(F)(F)CC3)CC[C@@H]2Oc2ccc(Cl)cc2)CC1. The van der Waals surface area contributed by atoms with Gasteiger partial charge in [0.15, 0.2) is 0 Å². The lowest BCUT2D eigenvalue weighted by atomic mass is 9.84. The molecule has 2 saturated heterocycles. The van der Waals surface area contributed by atoms with Crippen LogP contribution < -0.4 is 4.74 Å². The molecule has 3 fully saturated rings. The van der Waals surface area contributed by atoms with Gasteiger partial charge in [0.05, 0.1) is 0 Å². The summed E-state index contributed by atoms with van der Waals surface area (Å²) in [6.07, 6.45) is 0.662. The molecule has 0 aromatic heterocycles. The van der Waals surface area contributed by atoms with Gasteiger partial charge in [-0.15, -0.1) is 0 Å². The first-order valence-electron chi connectivity index (χ1n) is 12.3. The Morgan fingerprint density at radius 1 is 1.00 bits per heavy atom. The summed E-state index contributed by atoms with van der Waals surface area (Å²) >= 11 is 5.99. The topological polar surface area (TPSA) is 53.1 Å². The number of nitrogens with zero attached hydrogens (tertiary/aromatic N) is 3. The van der Waals surface area contributed by atoms with E-state index in [-0.39, 0.29) is 55.4 Å². The standard InChI is InChI=1S/C25H34ClF2N3O3/c1-29-12-14-30(15-13-29)23(32)16-19-17-31(24(33)18-6-9-25(27,28)10-7-18)11-8-22(19)34-21-4-2-20(26)3-5-21/h2-5,18-19,22H,6-17H2,1H3/t19-,22-/m0/s1. The van der Waals surface area contributed by atoms with Crippen molar-refractivity contribution in [3.8, 4) is 5.75 Å². The predicted octanol–water partition coefficient (Wildman–Crippen LogP) is 3.93. The van der Waals surface area contributed by atoms with E-state index in [0.717, 1.165) is 13.1 Å². The molecule has 4 rings (SSSR count). The number of hydrogen-bond donors (Lipinski definition) is 0. The Hall–Kier alpha value is -1.93. The number of hydrogen-bond acceptors (Lipinski definition) is 4. The van der Waals surface area contributed by atoms with E-state index in [4.69, 9.17) is 16.3 Å². The quantitative estimate of drug-likeness (QED) is 0.618. The highest BCUT2D eigenvalue weighted by molar-refractivity contribution is 6.30. The van der Waals surface area contributed by atoms with Crippen LogP contribution in [0.5, 0.6) is 5.75 Å². The molecule has 2 amide bonds. The van der Waals surface area contributed by atoms with Crippen LogP contribution >= 0.6 is 11.6 Å². The third-order valence-electron chi connectivity index (χ3n) is 7.44. The van der Waals surface area contributed by atoms with Gasteiger partial charge in [0, 0.05) is 81.8 Å². The maximum atomic E-state index is 13.6. The van der Waals surface area contributed by atoms with Crippen LogP contribution in [-0.4, -0.2) is 84.9 Å². The van der Waals surface area contributed by atoms with Gasteiger partial charge >= 0.3 is 0 Å². The Labute approximate surface area is 205 Å². The van der Waals surface area contributed by atoms with Crippen LogP contribution in [0.4, 0.5) is 8.78 Å². The highest BCUT2D eigenvalue weighted by Gasteiger charge is 2.41. The van der Waals surface area contributed by atoms with Gasteiger partial charge in [0.2, 0.25) is 17.7 Å². The van der Waals surface area contributed by atoms with Crippen molar-refractivity contribution < 1.29 is 23.1 Å². The molecule has 2 atom stereocenters. The molecule has 0 bridgehead atoms. The van der Waals surface area contributed by atoms with Gasteiger partial charge in [-0.3, -0.25) is 9.59 Å². The first-order chi connectivity index (χ1) is 16.2. The molecule has 0 N–H and O–H groups in total. The van der Waals surface area contributed by atoms with Crippen LogP contribution in [0.1, 0.15) is 38.5 Å². The van der Waals surface area contributed by atoms with Gasteiger partial charge < -0.3 is 19.4 Å². The van der Waals surface area contributed by atoms with Crippen LogP contribution in [-0.2, 0) is 9.59 Å². The summed E-state index contributed by atoms with van der Waals surface area (Å²) in [6, 6.07) is 7.14. The Balaban J connectivity index is 1.43. The first kappa shape index (κ1) is 25.2. The third kappa shape index (κ3) is 6.39. The number of carbonyl (C=O) groups is 2. The van der Waals surface area contributed by atoms with E-state index in [0.29, 0.717) is 49.8 Å². The Kier molecular flexibility index (Phi) is 7.97. The number of amides is 2. The number of likely N-dealkylation sites (N-methyl/N-ethyl adjacent to an activating group) is 1. The van der Waals surface area contributed by atoms with E-state index in [1.54, 1.807) is 29.2 Å². The van der Waals surface area contributed by atoms with Crippen molar-refractivity contribution in [1.29, 1.82) is 0 Å². The average molecular weight is 498 g/mol. The van der Waals surface area contributed by atoms with Gasteiger partial charge in [-0.1, -0.05) is 11.6 Å². The number of alkyl halides is 2. The van der Waals surface area contributed by atoms with Gasteiger partial charge in [-0.05, 0) is 44.2 Å². The molecule has 1 aromatic rings. The Bertz CT molecular complexity index is 851. The Morgan fingerprint density at radius 3 is 2.29 bits per heavy atom. The second kappa shape index (κ2) is 10.8. The molecule has 6 nitrogen and oxygen atoms in total. The first-order valence-corrected chi connectivity index (χ1v) is 12.6. The van der Waals surface area contributed by atoms with Crippen LogP contribution in [0, 0.1) is 11.8 Å². The van der Waals surface area contributed by atoms with Gasteiger partial charge in [-0.25, -0.2) is 8.78 Å². The molecular formula is C25H34ClF2N3O3. The summed E-state index contributed by atoms with van der Waals surface area (Å²) in [4.78, 5) is 32.1. The highest BCUT2D eigenvalue weighted by atomic mass is 35.5. The van der Waals surface area contributed by atoms with Crippen LogP contribution in [0.25, 0.3) is 0 Å². The number of piperazine rings is 1. The fourth-order valence-corrected chi connectivity index (χ4v) is 5.33. The maximum Gasteiger partial charge on any atom is 0.248 e. The fraction of sp³-hybridized carbons (Fsp3) is 0.680. The smallest absolute Gasteiger partial charge is 0.248 e. The van der Waals surface area contributed by atoms with Crippen molar-refractivity contribution in [3.63, 3.8) is 0 Å². The van der Waals surface area contributed by atoms with Crippen LogP contribution in [0.3, 0.4) is 0 Å². The number of rotatable bonds is 5. The number of benzene rings is 1. The second-order valence-electron chi connectivity index (χ2n) is 9.96. The summed E-state index contributed by atoms with van der Waals surface area (Å²) in [5, 5.41) is 0.618. The number of piperidine rings is 1. The number of ether oxygens (including phenoxy) is 1. The second-order valence-corrected chi connectivity index (χ2v) is 10.4. The molecule has 3 aliphatic rings. The number of halogens is 3. The van der Waals surface area contributed by atoms with E-state index >= 15 is 0 Å². The molecule has 0 spiro atoms. The lowest BCUT2D eigenvalue weighted by molar-refractivity contribution is -0.145. The van der Waals surface area contributed by atoms with E-state index < -0.39 is 5.92 Å². The van der Waals surface area contributed by atoms with Crippen molar-refractivity contribution in [2.24, 2.45) is 11.8 Å². The van der Waals surface area contributed by atoms with Crippen molar-refractivity contribution >= 4 is 23.4 Å². The maximum absolute atomic E-state index is 13.6. The molecule has 1 saturated carbocycles. The van der Waals surface area contributed by atoms with Crippen molar-refractivity contribution in [2.75, 3.05) is 46.3 Å². The van der Waals surface area contributed by atoms with Crippen molar-refractivity contribution in [1.82, 2.24) is 14.7 Å². The van der Waals surface area contributed by atoms with E-state index in [1.807, 2.05) is 11.9 Å². The zero-order valence-electron chi connectivity index (χ0n) is 19.7. The van der Waals surface area contributed by atoms with Gasteiger partial charge in [0.25, 0.3) is 0 Å². The van der Waals surface area contributed by atoms with Crippen molar-refractivity contribution in [3.05, 3.63) is 29.3 Å².